The van der Waals surface area contributed by atoms with Crippen LogP contribution in [-0.4, -0.2) is 27.5 Å². The van der Waals surface area contributed by atoms with Gasteiger partial charge < -0.3 is 5.32 Å². The lowest BCUT2D eigenvalue weighted by atomic mass is 10.3. The summed E-state index contributed by atoms with van der Waals surface area (Å²) in [6, 6.07) is 1.77. The predicted molar refractivity (Wildman–Crippen MR) is 77.0 cm³/mol. The van der Waals surface area contributed by atoms with E-state index in [9.17, 15) is 17.2 Å². The van der Waals surface area contributed by atoms with Crippen LogP contribution in [0.25, 0.3) is 0 Å². The zero-order valence-electron chi connectivity index (χ0n) is 11.2. The summed E-state index contributed by atoms with van der Waals surface area (Å²) in [5, 5.41) is 3.13. The second-order valence-electron chi connectivity index (χ2n) is 4.56. The van der Waals surface area contributed by atoms with Gasteiger partial charge in [0.2, 0.25) is 10.0 Å². The van der Waals surface area contributed by atoms with E-state index in [1.165, 1.54) is 0 Å². The lowest BCUT2D eigenvalue weighted by Gasteiger charge is -2.11. The van der Waals surface area contributed by atoms with Gasteiger partial charge in [-0.2, -0.15) is 0 Å². The molecule has 0 aliphatic rings. The maximum absolute atomic E-state index is 13.6. The highest BCUT2D eigenvalue weighted by molar-refractivity contribution is 9.10. The van der Waals surface area contributed by atoms with Gasteiger partial charge in [0.15, 0.2) is 0 Å². The second kappa shape index (κ2) is 7.44. The summed E-state index contributed by atoms with van der Waals surface area (Å²) in [4.78, 5) is -0.573. The molecule has 0 aromatic heterocycles. The summed E-state index contributed by atoms with van der Waals surface area (Å²) in [6.07, 6.45) is 0.567. The number of sulfonamides is 1. The lowest BCUT2D eigenvalue weighted by molar-refractivity contribution is 0.535. The fourth-order valence-electron chi connectivity index (χ4n) is 1.54. The minimum Gasteiger partial charge on any atom is -0.314 e. The highest BCUT2D eigenvalue weighted by atomic mass is 79.9. The van der Waals surface area contributed by atoms with E-state index < -0.39 is 26.6 Å². The van der Waals surface area contributed by atoms with Gasteiger partial charge >= 0.3 is 0 Å². The van der Waals surface area contributed by atoms with E-state index >= 15 is 0 Å². The molecule has 0 spiro atoms. The van der Waals surface area contributed by atoms with Crippen LogP contribution in [0.2, 0.25) is 0 Å². The number of hydrogen-bond donors (Lipinski definition) is 2. The van der Waals surface area contributed by atoms with Crippen molar-refractivity contribution in [2.24, 2.45) is 0 Å². The van der Waals surface area contributed by atoms with Crippen molar-refractivity contribution in [1.29, 1.82) is 0 Å². The normalized spacial score (nSPS) is 12.1. The van der Waals surface area contributed by atoms with Crippen LogP contribution < -0.4 is 10.0 Å². The largest absolute Gasteiger partial charge is 0.314 e. The molecule has 4 nitrogen and oxygen atoms in total. The predicted octanol–water partition coefficient (Wildman–Crippen LogP) is 2.39. The van der Waals surface area contributed by atoms with Gasteiger partial charge in [-0.15, -0.1) is 0 Å². The highest BCUT2D eigenvalue weighted by Crippen LogP contribution is 2.25. The molecule has 0 fully saturated rings. The van der Waals surface area contributed by atoms with E-state index in [1.807, 2.05) is 13.8 Å². The van der Waals surface area contributed by atoms with Crippen LogP contribution in [0.1, 0.15) is 20.3 Å². The average Bonchev–Trinajstić information content (AvgIpc) is 2.25. The SMILES string of the molecule is CC(C)NCCCNS(=O)(=O)c1c(F)cc(F)cc1Br. The quantitative estimate of drug-likeness (QED) is 0.724. The number of hydrogen-bond acceptors (Lipinski definition) is 3. The van der Waals surface area contributed by atoms with E-state index in [-0.39, 0.29) is 11.0 Å². The minimum atomic E-state index is -4.01. The standard InChI is InChI=1S/C12H17BrF2N2O2S/c1-8(2)16-4-3-5-17-20(18,19)12-10(13)6-9(14)7-11(12)15/h6-8,16-17H,3-5H2,1-2H3. The molecule has 0 radical (unpaired) electrons. The molecule has 1 aromatic carbocycles. The van der Waals surface area contributed by atoms with Gasteiger partial charge in [-0.3, -0.25) is 0 Å². The Balaban J connectivity index is 2.70. The van der Waals surface area contributed by atoms with Crippen LogP contribution in [0.5, 0.6) is 0 Å². The van der Waals surface area contributed by atoms with Gasteiger partial charge in [0.05, 0.1) is 0 Å². The van der Waals surface area contributed by atoms with E-state index in [2.05, 4.69) is 26.0 Å². The van der Waals surface area contributed by atoms with E-state index in [0.29, 0.717) is 25.1 Å². The Bertz CT molecular complexity index is 542. The van der Waals surface area contributed by atoms with Crippen LogP contribution >= 0.6 is 15.9 Å². The number of benzene rings is 1. The fourth-order valence-corrected chi connectivity index (χ4v) is 3.78. The Labute approximate surface area is 126 Å². The van der Waals surface area contributed by atoms with Crippen LogP contribution in [0.4, 0.5) is 8.78 Å². The van der Waals surface area contributed by atoms with Gasteiger partial charge in [0.25, 0.3) is 0 Å². The minimum absolute atomic E-state index is 0.136. The molecule has 1 rings (SSSR count). The lowest BCUT2D eigenvalue weighted by Crippen LogP contribution is -2.30. The second-order valence-corrected chi connectivity index (χ2v) is 7.12. The Morgan fingerprint density at radius 1 is 1.25 bits per heavy atom. The number of halogens is 3. The van der Waals surface area contributed by atoms with Gasteiger partial charge in [-0.05, 0) is 35.0 Å². The van der Waals surface area contributed by atoms with Crippen molar-refractivity contribution in [1.82, 2.24) is 10.0 Å². The molecule has 114 valence electrons. The molecule has 0 bridgehead atoms. The Morgan fingerprint density at radius 2 is 1.90 bits per heavy atom. The van der Waals surface area contributed by atoms with E-state index in [0.717, 1.165) is 6.07 Å². The summed E-state index contributed by atoms with van der Waals surface area (Å²) < 4.78 is 52.6. The molecule has 0 heterocycles. The van der Waals surface area contributed by atoms with Gasteiger partial charge in [-0.25, -0.2) is 21.9 Å². The van der Waals surface area contributed by atoms with Crippen LogP contribution in [0.3, 0.4) is 0 Å². The van der Waals surface area contributed by atoms with E-state index in [1.54, 1.807) is 0 Å². The summed E-state index contributed by atoms with van der Waals surface area (Å²) in [5.74, 6) is -1.96. The monoisotopic (exact) mass is 370 g/mol. The van der Waals surface area contributed by atoms with Crippen molar-refractivity contribution in [3.63, 3.8) is 0 Å². The third-order valence-corrected chi connectivity index (χ3v) is 4.85. The molecular formula is C12H17BrF2N2O2S. The molecule has 20 heavy (non-hydrogen) atoms. The van der Waals surface area contributed by atoms with Crippen molar-refractivity contribution in [2.45, 2.75) is 31.2 Å². The molecule has 0 saturated carbocycles. The molecule has 0 unspecified atom stereocenters. The van der Waals surface area contributed by atoms with Crippen LogP contribution in [-0.2, 0) is 10.0 Å². The smallest absolute Gasteiger partial charge is 0.244 e. The van der Waals surface area contributed by atoms with Crippen LogP contribution in [0, 0.1) is 11.6 Å². The van der Waals surface area contributed by atoms with Crippen molar-refractivity contribution >= 4 is 26.0 Å². The summed E-state index contributed by atoms with van der Waals surface area (Å²) in [6.45, 7) is 4.78. The maximum Gasteiger partial charge on any atom is 0.244 e. The fraction of sp³-hybridized carbons (Fsp3) is 0.500. The topological polar surface area (TPSA) is 58.2 Å². The first-order chi connectivity index (χ1) is 9.24. The first-order valence-electron chi connectivity index (χ1n) is 6.11. The van der Waals surface area contributed by atoms with Crippen LogP contribution in [0.15, 0.2) is 21.5 Å². The maximum atomic E-state index is 13.6. The Morgan fingerprint density at radius 3 is 2.45 bits per heavy atom. The average molecular weight is 371 g/mol. The van der Waals surface area contributed by atoms with E-state index in [4.69, 9.17) is 0 Å². The van der Waals surface area contributed by atoms with Crippen molar-refractivity contribution in [3.05, 3.63) is 28.2 Å². The molecular weight excluding hydrogens is 354 g/mol. The third kappa shape index (κ3) is 5.08. The molecule has 1 aromatic rings. The van der Waals surface area contributed by atoms with Gasteiger partial charge in [-0.1, -0.05) is 13.8 Å². The third-order valence-electron chi connectivity index (χ3n) is 2.43. The van der Waals surface area contributed by atoms with Crippen molar-refractivity contribution < 1.29 is 17.2 Å². The van der Waals surface area contributed by atoms with Crippen molar-refractivity contribution in [2.75, 3.05) is 13.1 Å². The summed E-state index contributed by atoms with van der Waals surface area (Å²) in [5.41, 5.74) is 0. The van der Waals surface area contributed by atoms with Gasteiger partial charge in [0.1, 0.15) is 16.5 Å². The number of rotatable bonds is 7. The summed E-state index contributed by atoms with van der Waals surface area (Å²) >= 11 is 2.86. The number of nitrogens with one attached hydrogen (secondary N) is 2. The van der Waals surface area contributed by atoms with Gasteiger partial charge in [0, 0.05) is 23.1 Å². The Hall–Kier alpha value is -0.570. The first kappa shape index (κ1) is 17.5. The molecule has 0 aliphatic carbocycles. The highest BCUT2D eigenvalue weighted by Gasteiger charge is 2.23. The first-order valence-corrected chi connectivity index (χ1v) is 8.39. The molecule has 0 saturated heterocycles. The molecule has 0 atom stereocenters. The van der Waals surface area contributed by atoms with Crippen molar-refractivity contribution in [3.8, 4) is 0 Å². The molecule has 8 heteroatoms. The molecule has 2 N–H and O–H groups in total. The summed E-state index contributed by atoms with van der Waals surface area (Å²) in [7, 11) is -4.01. The zero-order chi connectivity index (χ0) is 15.3. The molecule has 0 amide bonds. The zero-order valence-corrected chi connectivity index (χ0v) is 13.6. The Kier molecular flexibility index (Phi) is 6.50. The molecule has 0 aliphatic heterocycles.